The first-order chi connectivity index (χ1) is 26.2. The van der Waals surface area contributed by atoms with Crippen molar-refractivity contribution in [3.8, 4) is 45.9 Å². The van der Waals surface area contributed by atoms with Crippen molar-refractivity contribution >= 4 is 28.2 Å². The van der Waals surface area contributed by atoms with Crippen LogP contribution < -0.4 is 4.74 Å². The van der Waals surface area contributed by atoms with E-state index < -0.39 is 18.6 Å². The Kier molecular flexibility index (Phi) is 9.58. The zero-order valence-corrected chi connectivity index (χ0v) is 29.8. The maximum Gasteiger partial charge on any atom is 0.387 e. The number of benzene rings is 4. The third kappa shape index (κ3) is 6.80. The van der Waals surface area contributed by atoms with Crippen LogP contribution in [0.3, 0.4) is 0 Å². The average molecular weight is 734 g/mol. The molecule has 6 aromatic rings. The number of hydrogen-bond acceptors (Lipinski definition) is 10. The van der Waals surface area contributed by atoms with Crippen LogP contribution in [0.1, 0.15) is 40.7 Å². The summed E-state index contributed by atoms with van der Waals surface area (Å²) >= 11 is 0. The second-order valence-corrected chi connectivity index (χ2v) is 13.8. The first kappa shape index (κ1) is 35.4. The lowest BCUT2D eigenvalue weighted by Crippen LogP contribution is -2.35. The van der Waals surface area contributed by atoms with Gasteiger partial charge in [-0.15, -0.1) is 0 Å². The molecule has 2 aliphatic rings. The number of halogens is 2. The lowest BCUT2D eigenvalue weighted by atomic mass is 9.91. The van der Waals surface area contributed by atoms with Crippen molar-refractivity contribution in [2.45, 2.75) is 52.4 Å². The minimum absolute atomic E-state index is 0.0800. The number of alkyl halides is 2. The lowest BCUT2D eigenvalue weighted by Gasteiger charge is -2.26. The van der Waals surface area contributed by atoms with Gasteiger partial charge in [0.25, 0.3) is 0 Å². The topological polar surface area (TPSA) is 138 Å². The molecule has 0 amide bonds. The Bertz CT molecular complexity index is 2430. The van der Waals surface area contributed by atoms with E-state index in [1.807, 2.05) is 62.4 Å². The predicted molar refractivity (Wildman–Crippen MR) is 196 cm³/mol. The Labute approximate surface area is 309 Å². The van der Waals surface area contributed by atoms with E-state index in [0.29, 0.717) is 84.2 Å². The van der Waals surface area contributed by atoms with E-state index in [1.165, 1.54) is 6.07 Å². The summed E-state index contributed by atoms with van der Waals surface area (Å²) in [6, 6.07) is 20.2. The van der Waals surface area contributed by atoms with Gasteiger partial charge in [0.15, 0.2) is 11.2 Å². The summed E-state index contributed by atoms with van der Waals surface area (Å²) in [4.78, 5) is 25.4. The van der Waals surface area contributed by atoms with Crippen molar-refractivity contribution < 1.29 is 37.0 Å². The molecule has 54 heavy (non-hydrogen) atoms. The Balaban J connectivity index is 1.13. The molecule has 0 bridgehead atoms. The minimum atomic E-state index is -3.07. The number of nitriles is 1. The lowest BCUT2D eigenvalue weighted by molar-refractivity contribution is -0.142. The number of carbonyl (C=O) groups is 1. The van der Waals surface area contributed by atoms with Crippen LogP contribution in [0.25, 0.3) is 56.2 Å². The van der Waals surface area contributed by atoms with Gasteiger partial charge in [0.05, 0.1) is 18.8 Å². The molecule has 2 aliphatic heterocycles. The summed E-state index contributed by atoms with van der Waals surface area (Å²) in [6.45, 7) is 5.27. The summed E-state index contributed by atoms with van der Waals surface area (Å²) in [5.41, 5.74) is 8.78. The van der Waals surface area contributed by atoms with Crippen LogP contribution in [-0.2, 0) is 22.6 Å². The fourth-order valence-electron chi connectivity index (χ4n) is 7.67. The average Bonchev–Trinajstić information content (AvgIpc) is 3.91. The second-order valence-electron chi connectivity index (χ2n) is 13.8. The molecular weight excluding hydrogens is 696 g/mol. The highest BCUT2D eigenvalue weighted by Gasteiger charge is 2.31. The van der Waals surface area contributed by atoms with Gasteiger partial charge in [0.2, 0.25) is 11.8 Å². The highest BCUT2D eigenvalue weighted by Crippen LogP contribution is 2.39. The molecular formula is C41H37F2N5O6. The van der Waals surface area contributed by atoms with E-state index in [1.54, 1.807) is 11.0 Å². The number of aliphatic carboxylic acids is 1. The van der Waals surface area contributed by atoms with Gasteiger partial charge in [-0.05, 0) is 91.4 Å². The maximum atomic E-state index is 13.5. The molecule has 1 N–H and O–H groups in total. The summed E-state index contributed by atoms with van der Waals surface area (Å²) in [5, 5.41) is 19.7. The molecule has 1 atom stereocenters. The van der Waals surface area contributed by atoms with Crippen LogP contribution >= 0.6 is 0 Å². The summed E-state index contributed by atoms with van der Waals surface area (Å²) in [5.74, 6) is -0.305. The molecule has 11 nitrogen and oxygen atoms in total. The predicted octanol–water partition coefficient (Wildman–Crippen LogP) is 7.94. The van der Waals surface area contributed by atoms with Crippen molar-refractivity contribution in [2.75, 3.05) is 32.8 Å². The molecule has 0 saturated carbocycles. The summed E-state index contributed by atoms with van der Waals surface area (Å²) in [7, 11) is 0. The highest BCUT2D eigenvalue weighted by atomic mass is 19.3. The number of carboxylic acids is 1. The quantitative estimate of drug-likeness (QED) is 0.147. The Morgan fingerprint density at radius 3 is 2.26 bits per heavy atom. The standard InChI is InChI=1S/C41H37F2N5O6/c1-23-28(29-7-4-9-31(24(29)2)39-46-33-17-25(16-26(20-44)37(33)54-39)21-47-12-14-51-15-13-47)6-3-8-30(23)38-45-32-18-27(22-48-11-5-10-34(48)40(49)50)35(53-41(42)43)19-36(32)52-38/h3-4,6-9,16-19,34,41H,5,10-15,21-22H2,1-2H3,(H,49,50)/t34-/m0/s1. The van der Waals surface area contributed by atoms with Gasteiger partial charge in [-0.25, -0.2) is 9.97 Å². The van der Waals surface area contributed by atoms with Crippen LogP contribution in [0, 0.1) is 25.2 Å². The number of oxazole rings is 2. The number of rotatable bonds is 10. The molecule has 4 heterocycles. The maximum absolute atomic E-state index is 13.5. The van der Waals surface area contributed by atoms with Gasteiger partial charge in [-0.1, -0.05) is 24.3 Å². The number of morpholine rings is 1. The molecule has 0 aliphatic carbocycles. The SMILES string of the molecule is Cc1c(-c2nc3cc(CN4CCC[C@H]4C(=O)O)c(OC(F)F)cc3o2)cccc1-c1cccc(-c2nc3cc(CN4CCOCC4)cc(C#N)c3o2)c1C. The number of likely N-dealkylation sites (tertiary alicyclic amines) is 1. The van der Waals surface area contributed by atoms with Crippen molar-refractivity contribution in [3.05, 3.63) is 88.5 Å². The smallest absolute Gasteiger partial charge is 0.387 e. The third-order valence-electron chi connectivity index (χ3n) is 10.4. The number of fused-ring (bicyclic) bond motifs is 2. The van der Waals surface area contributed by atoms with Crippen LogP contribution in [0.15, 0.2) is 69.5 Å². The van der Waals surface area contributed by atoms with Gasteiger partial charge < -0.3 is 23.4 Å². The molecule has 2 saturated heterocycles. The number of hydrogen-bond donors (Lipinski definition) is 1. The molecule has 2 fully saturated rings. The fraction of sp³-hybridized carbons (Fsp3) is 0.317. The molecule has 13 heteroatoms. The monoisotopic (exact) mass is 733 g/mol. The van der Waals surface area contributed by atoms with Gasteiger partial charge in [0.1, 0.15) is 28.9 Å². The number of ether oxygens (including phenoxy) is 2. The number of nitrogens with zero attached hydrogens (tertiary/aromatic N) is 5. The molecule has 0 unspecified atom stereocenters. The zero-order chi connectivity index (χ0) is 37.5. The first-order valence-electron chi connectivity index (χ1n) is 17.9. The Morgan fingerprint density at radius 2 is 1.59 bits per heavy atom. The molecule has 2 aromatic heterocycles. The third-order valence-corrected chi connectivity index (χ3v) is 10.4. The van der Waals surface area contributed by atoms with Crippen LogP contribution in [-0.4, -0.2) is 76.3 Å². The van der Waals surface area contributed by atoms with E-state index in [9.17, 15) is 23.9 Å². The van der Waals surface area contributed by atoms with E-state index in [2.05, 4.69) is 11.0 Å². The number of carboxylic acid groups (broad SMARTS) is 1. The molecule has 8 rings (SSSR count). The zero-order valence-electron chi connectivity index (χ0n) is 29.8. The van der Waals surface area contributed by atoms with Crippen molar-refractivity contribution in [1.29, 1.82) is 5.26 Å². The van der Waals surface area contributed by atoms with Crippen LogP contribution in [0.2, 0.25) is 0 Å². The van der Waals surface area contributed by atoms with E-state index in [-0.39, 0.29) is 17.9 Å². The van der Waals surface area contributed by atoms with Crippen molar-refractivity contribution in [2.24, 2.45) is 0 Å². The fourth-order valence-corrected chi connectivity index (χ4v) is 7.67. The van der Waals surface area contributed by atoms with E-state index in [0.717, 1.165) is 46.5 Å². The molecule has 276 valence electrons. The van der Waals surface area contributed by atoms with Crippen molar-refractivity contribution in [3.63, 3.8) is 0 Å². The summed E-state index contributed by atoms with van der Waals surface area (Å²) in [6.07, 6.45) is 1.19. The van der Waals surface area contributed by atoms with E-state index >= 15 is 0 Å². The van der Waals surface area contributed by atoms with E-state index in [4.69, 9.17) is 28.3 Å². The van der Waals surface area contributed by atoms with Gasteiger partial charge in [-0.3, -0.25) is 14.6 Å². The van der Waals surface area contributed by atoms with Gasteiger partial charge >= 0.3 is 12.6 Å². The van der Waals surface area contributed by atoms with Crippen molar-refractivity contribution in [1.82, 2.24) is 19.8 Å². The Hall–Kier alpha value is -5.68. The highest BCUT2D eigenvalue weighted by molar-refractivity contribution is 5.86. The largest absolute Gasteiger partial charge is 0.480 e. The normalized spacial score (nSPS) is 16.8. The van der Waals surface area contributed by atoms with Crippen LogP contribution in [0.4, 0.5) is 8.78 Å². The van der Waals surface area contributed by atoms with Gasteiger partial charge in [-0.2, -0.15) is 14.0 Å². The summed E-state index contributed by atoms with van der Waals surface area (Å²) < 4.78 is 49.8. The Morgan fingerprint density at radius 1 is 0.926 bits per heavy atom. The first-order valence-corrected chi connectivity index (χ1v) is 17.9. The van der Waals surface area contributed by atoms with Crippen LogP contribution in [0.5, 0.6) is 5.75 Å². The molecule has 0 radical (unpaired) electrons. The van der Waals surface area contributed by atoms with Gasteiger partial charge in [0, 0.05) is 48.9 Å². The second kappa shape index (κ2) is 14.6. The minimum Gasteiger partial charge on any atom is -0.480 e. The number of aromatic nitrogens is 2. The molecule has 4 aromatic carbocycles. The molecule has 0 spiro atoms.